The molecule has 3 aliphatic rings. The lowest BCUT2D eigenvalue weighted by atomic mass is 9.53. The van der Waals surface area contributed by atoms with Gasteiger partial charge < -0.3 is 14.6 Å². The van der Waals surface area contributed by atoms with E-state index >= 15 is 0 Å². The monoisotopic (exact) mass is 311 g/mol. The summed E-state index contributed by atoms with van der Waals surface area (Å²) in [5, 5.41) is 10.8. The summed E-state index contributed by atoms with van der Waals surface area (Å²) in [5.74, 6) is 0.315. The SMILES string of the molecule is CC.CN1CC2(CC(C3c4ccccc4-c4cncn43)C2O)C1. The molecule has 4 heteroatoms. The molecule has 1 spiro atoms. The average Bonchev–Trinajstić information content (AvgIpc) is 3.13. The van der Waals surface area contributed by atoms with Gasteiger partial charge in [-0.3, -0.25) is 0 Å². The zero-order valence-electron chi connectivity index (χ0n) is 14.1. The van der Waals surface area contributed by atoms with Gasteiger partial charge in [-0.1, -0.05) is 38.1 Å². The minimum atomic E-state index is -0.194. The molecule has 0 bridgehead atoms. The number of benzene rings is 1. The summed E-state index contributed by atoms with van der Waals surface area (Å²) in [7, 11) is 2.13. The van der Waals surface area contributed by atoms with Crippen LogP contribution in [0.15, 0.2) is 36.8 Å². The fraction of sp³-hybridized carbons (Fsp3) is 0.526. The lowest BCUT2D eigenvalue weighted by Gasteiger charge is -2.63. The summed E-state index contributed by atoms with van der Waals surface area (Å²) in [6.07, 6.45) is 4.79. The largest absolute Gasteiger partial charge is 0.392 e. The van der Waals surface area contributed by atoms with Gasteiger partial charge in [-0.05, 0) is 19.0 Å². The van der Waals surface area contributed by atoms with E-state index in [1.165, 1.54) is 16.8 Å². The molecule has 2 aromatic rings. The number of rotatable bonds is 1. The van der Waals surface area contributed by atoms with E-state index in [-0.39, 0.29) is 17.6 Å². The molecular formula is C19H25N3O. The Bertz CT molecular complexity index is 717. The summed E-state index contributed by atoms with van der Waals surface area (Å²) in [4.78, 5) is 6.61. The van der Waals surface area contributed by atoms with Gasteiger partial charge in [0.2, 0.25) is 0 Å². The second kappa shape index (κ2) is 5.18. The third-order valence-corrected chi connectivity index (χ3v) is 5.77. The standard InChI is InChI=1S/C17H19N3O.C2H6/c1-19-8-17(9-19)6-13(16(17)21)15-12-5-3-2-4-11(12)14-7-18-10-20(14)15;1-2/h2-5,7,10,13,15-16,21H,6,8-9H2,1H3;1-2H3. The van der Waals surface area contributed by atoms with E-state index in [1.54, 1.807) is 0 Å². The zero-order valence-corrected chi connectivity index (χ0v) is 14.1. The topological polar surface area (TPSA) is 41.3 Å². The Morgan fingerprint density at radius 1 is 1.22 bits per heavy atom. The van der Waals surface area contributed by atoms with E-state index in [0.29, 0.717) is 5.92 Å². The van der Waals surface area contributed by atoms with Gasteiger partial charge in [0, 0.05) is 30.0 Å². The molecule has 3 unspecified atom stereocenters. The number of aliphatic hydroxyl groups excluding tert-OH is 1. The van der Waals surface area contributed by atoms with Gasteiger partial charge >= 0.3 is 0 Å². The second-order valence-electron chi connectivity index (χ2n) is 7.07. The molecule has 23 heavy (non-hydrogen) atoms. The minimum absolute atomic E-state index is 0.164. The third-order valence-electron chi connectivity index (χ3n) is 5.77. The van der Waals surface area contributed by atoms with Crippen LogP contribution in [0.25, 0.3) is 11.3 Å². The van der Waals surface area contributed by atoms with Crippen LogP contribution in [-0.4, -0.2) is 45.8 Å². The van der Waals surface area contributed by atoms with Crippen LogP contribution in [0.1, 0.15) is 31.9 Å². The molecule has 1 N–H and O–H groups in total. The number of aromatic nitrogens is 2. The first-order valence-corrected chi connectivity index (χ1v) is 8.67. The molecule has 3 heterocycles. The molecule has 0 radical (unpaired) electrons. The molecule has 1 aliphatic carbocycles. The van der Waals surface area contributed by atoms with Crippen LogP contribution in [0, 0.1) is 11.3 Å². The number of aliphatic hydroxyl groups is 1. The number of nitrogens with zero attached hydrogens (tertiary/aromatic N) is 3. The predicted octanol–water partition coefficient (Wildman–Crippen LogP) is 2.79. The fourth-order valence-corrected chi connectivity index (χ4v) is 4.93. The van der Waals surface area contributed by atoms with Gasteiger partial charge in [0.05, 0.1) is 30.4 Å². The van der Waals surface area contributed by atoms with Crippen molar-refractivity contribution in [1.29, 1.82) is 0 Å². The van der Waals surface area contributed by atoms with Crippen LogP contribution >= 0.6 is 0 Å². The second-order valence-corrected chi connectivity index (χ2v) is 7.07. The smallest absolute Gasteiger partial charge is 0.0956 e. The van der Waals surface area contributed by atoms with E-state index in [4.69, 9.17) is 0 Å². The average molecular weight is 311 g/mol. The van der Waals surface area contributed by atoms with Crippen molar-refractivity contribution < 1.29 is 5.11 Å². The first-order chi connectivity index (χ1) is 11.2. The molecule has 122 valence electrons. The quantitative estimate of drug-likeness (QED) is 0.880. The molecular weight excluding hydrogens is 286 g/mol. The molecule has 4 nitrogen and oxygen atoms in total. The predicted molar refractivity (Wildman–Crippen MR) is 91.2 cm³/mol. The van der Waals surface area contributed by atoms with Gasteiger partial charge in [0.15, 0.2) is 0 Å². The molecule has 5 rings (SSSR count). The van der Waals surface area contributed by atoms with Gasteiger partial charge in [-0.2, -0.15) is 0 Å². The maximum atomic E-state index is 10.8. The Kier molecular flexibility index (Phi) is 3.36. The van der Waals surface area contributed by atoms with Crippen molar-refractivity contribution in [2.24, 2.45) is 11.3 Å². The van der Waals surface area contributed by atoms with E-state index < -0.39 is 0 Å². The van der Waals surface area contributed by atoms with Gasteiger partial charge in [0.25, 0.3) is 0 Å². The highest BCUT2D eigenvalue weighted by Crippen LogP contribution is 2.58. The highest BCUT2D eigenvalue weighted by Gasteiger charge is 2.61. The van der Waals surface area contributed by atoms with Crippen molar-refractivity contribution in [3.05, 3.63) is 42.4 Å². The van der Waals surface area contributed by atoms with Crippen LogP contribution in [0.2, 0.25) is 0 Å². The van der Waals surface area contributed by atoms with Gasteiger partial charge in [0.1, 0.15) is 0 Å². The first-order valence-electron chi connectivity index (χ1n) is 8.67. The van der Waals surface area contributed by atoms with Crippen molar-refractivity contribution in [2.45, 2.75) is 32.4 Å². The Morgan fingerprint density at radius 3 is 2.65 bits per heavy atom. The summed E-state index contributed by atoms with van der Waals surface area (Å²) >= 11 is 0. The van der Waals surface area contributed by atoms with Crippen molar-refractivity contribution in [3.8, 4) is 11.3 Å². The van der Waals surface area contributed by atoms with Crippen LogP contribution in [0.4, 0.5) is 0 Å². The minimum Gasteiger partial charge on any atom is -0.392 e. The molecule has 2 aliphatic heterocycles. The van der Waals surface area contributed by atoms with E-state index in [9.17, 15) is 5.11 Å². The highest BCUT2D eigenvalue weighted by atomic mass is 16.3. The van der Waals surface area contributed by atoms with E-state index in [0.717, 1.165) is 19.5 Å². The maximum absolute atomic E-state index is 10.8. The van der Waals surface area contributed by atoms with Gasteiger partial charge in [-0.15, -0.1) is 0 Å². The van der Waals surface area contributed by atoms with E-state index in [2.05, 4.69) is 45.8 Å². The number of hydrogen-bond donors (Lipinski definition) is 1. The van der Waals surface area contributed by atoms with Crippen molar-refractivity contribution in [3.63, 3.8) is 0 Å². The number of fused-ring (bicyclic) bond motifs is 3. The third kappa shape index (κ3) is 1.88. The Labute approximate surface area is 137 Å². The maximum Gasteiger partial charge on any atom is 0.0956 e. The highest BCUT2D eigenvalue weighted by molar-refractivity contribution is 5.69. The van der Waals surface area contributed by atoms with E-state index in [1.807, 2.05) is 26.4 Å². The summed E-state index contributed by atoms with van der Waals surface area (Å²) in [6, 6.07) is 8.81. The number of likely N-dealkylation sites (tertiary alicyclic amines) is 1. The molecule has 0 amide bonds. The summed E-state index contributed by atoms with van der Waals surface area (Å²) in [5.41, 5.74) is 3.98. The Balaban J connectivity index is 0.000000652. The lowest BCUT2D eigenvalue weighted by Crippen LogP contribution is -2.70. The molecule has 1 aromatic carbocycles. The van der Waals surface area contributed by atoms with Crippen molar-refractivity contribution >= 4 is 0 Å². The van der Waals surface area contributed by atoms with Crippen LogP contribution in [0.3, 0.4) is 0 Å². The molecule has 2 fully saturated rings. The van der Waals surface area contributed by atoms with Crippen LogP contribution in [-0.2, 0) is 0 Å². The number of hydrogen-bond acceptors (Lipinski definition) is 3. The van der Waals surface area contributed by atoms with Crippen LogP contribution in [0.5, 0.6) is 0 Å². The summed E-state index contributed by atoms with van der Waals surface area (Å²) < 4.78 is 2.26. The Morgan fingerprint density at radius 2 is 1.96 bits per heavy atom. The van der Waals surface area contributed by atoms with Crippen molar-refractivity contribution in [1.82, 2.24) is 14.5 Å². The lowest BCUT2D eigenvalue weighted by molar-refractivity contribution is -0.198. The molecule has 1 saturated heterocycles. The summed E-state index contributed by atoms with van der Waals surface area (Å²) in [6.45, 7) is 6.08. The molecule has 3 atom stereocenters. The van der Waals surface area contributed by atoms with Gasteiger partial charge in [-0.25, -0.2) is 4.98 Å². The fourth-order valence-electron chi connectivity index (χ4n) is 4.93. The normalized spacial score (nSPS) is 29.8. The molecule has 1 saturated carbocycles. The van der Waals surface area contributed by atoms with Crippen molar-refractivity contribution in [2.75, 3.05) is 20.1 Å². The van der Waals surface area contributed by atoms with Crippen LogP contribution < -0.4 is 0 Å². The Hall–Kier alpha value is -1.65. The zero-order chi connectivity index (χ0) is 16.2. The molecule has 1 aromatic heterocycles. The number of imidazole rings is 1. The first kappa shape index (κ1) is 14.9.